The van der Waals surface area contributed by atoms with Gasteiger partial charge in [0.1, 0.15) is 29.6 Å². The van der Waals surface area contributed by atoms with Gasteiger partial charge in [-0.1, -0.05) is 30.3 Å². The third-order valence-electron chi connectivity index (χ3n) is 4.42. The summed E-state index contributed by atoms with van der Waals surface area (Å²) >= 11 is 0. The molecule has 1 atom stereocenters. The second-order valence-corrected chi connectivity index (χ2v) is 10.2. The maximum absolute atomic E-state index is 13.0. The summed E-state index contributed by atoms with van der Waals surface area (Å²) in [4.78, 5) is 50.6. The van der Waals surface area contributed by atoms with Crippen molar-refractivity contribution in [3.05, 3.63) is 65.2 Å². The number of esters is 3. The number of nitrogens with one attached hydrogen (secondary N) is 1. The number of aromatic hydroxyl groups is 1. The van der Waals surface area contributed by atoms with E-state index in [1.807, 2.05) is 6.07 Å². The van der Waals surface area contributed by atoms with Gasteiger partial charge in [-0.2, -0.15) is 0 Å². The lowest BCUT2D eigenvalue weighted by molar-refractivity contribution is -0.164. The molecule has 9 nitrogen and oxygen atoms in total. The minimum atomic E-state index is -1.36. The maximum Gasteiger partial charge on any atom is 0.338 e. The lowest BCUT2D eigenvalue weighted by Gasteiger charge is -2.25. The van der Waals surface area contributed by atoms with Gasteiger partial charge in [0, 0.05) is 5.56 Å². The summed E-state index contributed by atoms with van der Waals surface area (Å²) in [6.07, 6.45) is -0.470. The Bertz CT molecular complexity index is 1100. The fourth-order valence-electron chi connectivity index (χ4n) is 3.02. The summed E-state index contributed by atoms with van der Waals surface area (Å²) < 4.78 is 15.9. The summed E-state index contributed by atoms with van der Waals surface area (Å²) in [5.41, 5.74) is -1.06. The molecule has 0 saturated heterocycles. The van der Waals surface area contributed by atoms with Crippen LogP contribution < -0.4 is 5.32 Å². The van der Waals surface area contributed by atoms with Gasteiger partial charge in [-0.15, -0.1) is 0 Å². The van der Waals surface area contributed by atoms with Crippen molar-refractivity contribution in [3.63, 3.8) is 0 Å². The van der Waals surface area contributed by atoms with Crippen LogP contribution in [0.2, 0.25) is 0 Å². The van der Waals surface area contributed by atoms with Gasteiger partial charge in [0.15, 0.2) is 0 Å². The number of benzene rings is 2. The van der Waals surface area contributed by atoms with Crippen molar-refractivity contribution in [2.75, 3.05) is 0 Å². The molecular weight excluding hydrogens is 466 g/mol. The van der Waals surface area contributed by atoms with Crippen LogP contribution in [0.3, 0.4) is 0 Å². The number of phenolic OH excluding ortho intramolecular Hbond substituents is 1. The number of amides is 1. The first-order valence-corrected chi connectivity index (χ1v) is 11.4. The van der Waals surface area contributed by atoms with Gasteiger partial charge in [-0.3, -0.25) is 9.59 Å². The lowest BCUT2D eigenvalue weighted by Crippen LogP contribution is -2.46. The van der Waals surface area contributed by atoms with E-state index in [-0.39, 0.29) is 23.5 Å². The molecule has 0 aliphatic heterocycles. The van der Waals surface area contributed by atoms with Gasteiger partial charge in [0.05, 0.1) is 12.0 Å². The molecule has 9 heteroatoms. The minimum Gasteiger partial charge on any atom is -0.508 e. The maximum atomic E-state index is 13.0. The van der Waals surface area contributed by atoms with Crippen LogP contribution in [0.4, 0.5) is 0 Å². The molecular formula is C27H33NO8. The number of carbonyl (C=O) groups is 4. The molecule has 1 amide bonds. The highest BCUT2D eigenvalue weighted by Crippen LogP contribution is 2.19. The third-order valence-corrected chi connectivity index (χ3v) is 4.42. The highest BCUT2D eigenvalue weighted by molar-refractivity contribution is 6.00. The van der Waals surface area contributed by atoms with E-state index < -0.39 is 47.5 Å². The Morgan fingerprint density at radius 2 is 1.44 bits per heavy atom. The predicted molar refractivity (Wildman–Crippen MR) is 131 cm³/mol. The van der Waals surface area contributed by atoms with E-state index >= 15 is 0 Å². The van der Waals surface area contributed by atoms with Crippen LogP contribution in [-0.4, -0.2) is 46.2 Å². The van der Waals surface area contributed by atoms with Crippen molar-refractivity contribution in [1.82, 2.24) is 5.32 Å². The summed E-state index contributed by atoms with van der Waals surface area (Å²) in [6, 6.07) is 11.2. The Morgan fingerprint density at radius 3 is 2.03 bits per heavy atom. The zero-order valence-corrected chi connectivity index (χ0v) is 21.4. The molecule has 0 bridgehead atoms. The van der Waals surface area contributed by atoms with Gasteiger partial charge in [-0.25, -0.2) is 9.59 Å². The molecule has 0 aliphatic rings. The van der Waals surface area contributed by atoms with Crippen LogP contribution >= 0.6 is 0 Å². The van der Waals surface area contributed by atoms with Crippen LogP contribution in [0.25, 0.3) is 0 Å². The highest BCUT2D eigenvalue weighted by Gasteiger charge is 2.31. The molecule has 2 aromatic carbocycles. The average molecular weight is 500 g/mol. The van der Waals surface area contributed by atoms with Crippen molar-refractivity contribution >= 4 is 23.8 Å². The standard InChI is InChI=1S/C27H33NO8/c1-26(2,3)35-22(30)15-21(25(33)36-27(4,5)6)28-23(31)18-12-19(14-20(29)13-18)24(32)34-16-17-10-8-7-9-11-17/h7-14,21,29H,15-16H2,1-6H3,(H,28,31)/t21-/m0/s1. The summed E-state index contributed by atoms with van der Waals surface area (Å²) in [7, 11) is 0. The first kappa shape index (κ1) is 28.4. The summed E-state index contributed by atoms with van der Waals surface area (Å²) in [5.74, 6) is -3.44. The first-order valence-electron chi connectivity index (χ1n) is 11.4. The molecule has 0 radical (unpaired) electrons. The molecule has 0 saturated carbocycles. The van der Waals surface area contributed by atoms with Gasteiger partial charge in [0.25, 0.3) is 5.91 Å². The topological polar surface area (TPSA) is 128 Å². The van der Waals surface area contributed by atoms with E-state index in [4.69, 9.17) is 14.2 Å². The quantitative estimate of drug-likeness (QED) is 0.413. The average Bonchev–Trinajstić information content (AvgIpc) is 2.74. The minimum absolute atomic E-state index is 0.00741. The van der Waals surface area contributed by atoms with E-state index in [1.54, 1.807) is 65.8 Å². The van der Waals surface area contributed by atoms with Gasteiger partial charge < -0.3 is 24.6 Å². The Hall–Kier alpha value is -3.88. The van der Waals surface area contributed by atoms with E-state index in [2.05, 4.69) is 5.32 Å². The van der Waals surface area contributed by atoms with Crippen molar-refractivity contribution < 1.29 is 38.5 Å². The van der Waals surface area contributed by atoms with Gasteiger partial charge in [-0.05, 0) is 65.3 Å². The van der Waals surface area contributed by atoms with Crippen LogP contribution in [0.5, 0.6) is 5.75 Å². The summed E-state index contributed by atoms with van der Waals surface area (Å²) in [6.45, 7) is 10.00. The predicted octanol–water partition coefficient (Wildman–Crippen LogP) is 3.92. The highest BCUT2D eigenvalue weighted by atomic mass is 16.6. The molecule has 0 unspecified atom stereocenters. The Balaban J connectivity index is 2.20. The molecule has 2 N–H and O–H groups in total. The zero-order valence-electron chi connectivity index (χ0n) is 21.4. The molecule has 2 aromatic rings. The Labute approximate surface area is 210 Å². The second kappa shape index (κ2) is 11.7. The Kier molecular flexibility index (Phi) is 9.22. The SMILES string of the molecule is CC(C)(C)OC(=O)C[C@H](NC(=O)c1cc(O)cc(C(=O)OCc2ccccc2)c1)C(=O)OC(C)(C)C. The first-order chi connectivity index (χ1) is 16.6. The molecule has 0 aliphatic carbocycles. The Morgan fingerprint density at radius 1 is 0.861 bits per heavy atom. The van der Waals surface area contributed by atoms with E-state index in [9.17, 15) is 24.3 Å². The normalized spacial score (nSPS) is 12.3. The van der Waals surface area contributed by atoms with Crippen molar-refractivity contribution in [1.29, 1.82) is 0 Å². The van der Waals surface area contributed by atoms with E-state index in [1.165, 1.54) is 6.07 Å². The van der Waals surface area contributed by atoms with Crippen LogP contribution in [0, 0.1) is 0 Å². The van der Waals surface area contributed by atoms with Crippen LogP contribution in [0.1, 0.15) is 74.2 Å². The number of hydrogen-bond acceptors (Lipinski definition) is 8. The van der Waals surface area contributed by atoms with Crippen LogP contribution in [-0.2, 0) is 30.4 Å². The fourth-order valence-corrected chi connectivity index (χ4v) is 3.02. The van der Waals surface area contributed by atoms with Crippen LogP contribution in [0.15, 0.2) is 48.5 Å². The second-order valence-electron chi connectivity index (χ2n) is 10.2. The molecule has 194 valence electrons. The van der Waals surface area contributed by atoms with Gasteiger partial charge >= 0.3 is 17.9 Å². The van der Waals surface area contributed by atoms with E-state index in [0.717, 1.165) is 17.7 Å². The fraction of sp³-hybridized carbons (Fsp3) is 0.407. The largest absolute Gasteiger partial charge is 0.508 e. The van der Waals surface area contributed by atoms with E-state index in [0.29, 0.717) is 0 Å². The number of ether oxygens (including phenoxy) is 3. The molecule has 36 heavy (non-hydrogen) atoms. The number of hydrogen-bond donors (Lipinski definition) is 2. The van der Waals surface area contributed by atoms with Crippen molar-refractivity contribution in [3.8, 4) is 5.75 Å². The molecule has 2 rings (SSSR count). The van der Waals surface area contributed by atoms with Crippen molar-refractivity contribution in [2.24, 2.45) is 0 Å². The summed E-state index contributed by atoms with van der Waals surface area (Å²) in [5, 5.41) is 12.5. The van der Waals surface area contributed by atoms with Crippen molar-refractivity contribution in [2.45, 2.75) is 71.8 Å². The molecule has 0 spiro atoms. The van der Waals surface area contributed by atoms with Gasteiger partial charge in [0.2, 0.25) is 0 Å². The third kappa shape index (κ3) is 9.77. The number of phenols is 1. The smallest absolute Gasteiger partial charge is 0.338 e. The number of carbonyl (C=O) groups excluding carboxylic acids is 4. The molecule has 0 aromatic heterocycles. The molecule has 0 fully saturated rings. The lowest BCUT2D eigenvalue weighted by atomic mass is 10.1. The number of rotatable bonds is 8. The molecule has 0 heterocycles. The zero-order chi connectivity index (χ0) is 27.1. The monoisotopic (exact) mass is 499 g/mol.